The van der Waals surface area contributed by atoms with Crippen LogP contribution in [0.3, 0.4) is 0 Å². The molecular formula is C11H17NO2S. The first-order valence-corrected chi connectivity index (χ1v) is 5.79. The molecule has 1 atom stereocenters. The van der Waals surface area contributed by atoms with Crippen molar-refractivity contribution in [2.75, 3.05) is 27.3 Å². The van der Waals surface area contributed by atoms with Crippen LogP contribution >= 0.6 is 11.3 Å². The highest BCUT2D eigenvalue weighted by Crippen LogP contribution is 2.10. The number of hydrogen-bond donors (Lipinski definition) is 0. The first kappa shape index (κ1) is 12.4. The third-order valence-corrected chi connectivity index (χ3v) is 3.26. The molecule has 0 radical (unpaired) electrons. The van der Waals surface area contributed by atoms with Gasteiger partial charge in [0.2, 0.25) is 0 Å². The summed E-state index contributed by atoms with van der Waals surface area (Å²) >= 11 is 1.49. The van der Waals surface area contributed by atoms with Crippen molar-refractivity contribution in [2.24, 2.45) is 0 Å². The Bertz CT molecular complexity index is 298. The fourth-order valence-corrected chi connectivity index (χ4v) is 1.92. The summed E-state index contributed by atoms with van der Waals surface area (Å²) < 4.78 is 5.05. The lowest BCUT2D eigenvalue weighted by Crippen LogP contribution is -2.36. The molecule has 1 heterocycles. The van der Waals surface area contributed by atoms with Crippen LogP contribution in [0.15, 0.2) is 17.5 Å². The van der Waals surface area contributed by atoms with E-state index in [1.165, 1.54) is 11.3 Å². The average molecular weight is 227 g/mol. The average Bonchev–Trinajstić information content (AvgIpc) is 2.70. The molecule has 0 fully saturated rings. The molecule has 1 aromatic heterocycles. The molecule has 0 bridgehead atoms. The minimum Gasteiger partial charge on any atom is -0.383 e. The molecule has 1 aromatic rings. The molecule has 0 spiro atoms. The summed E-state index contributed by atoms with van der Waals surface area (Å²) in [5.41, 5.74) is 0. The summed E-state index contributed by atoms with van der Waals surface area (Å²) in [4.78, 5) is 14.6. The predicted octanol–water partition coefficient (Wildman–Crippen LogP) is 1.90. The third-order valence-electron chi connectivity index (χ3n) is 2.35. The van der Waals surface area contributed by atoms with E-state index in [1.54, 1.807) is 7.11 Å². The van der Waals surface area contributed by atoms with Crippen molar-refractivity contribution in [2.45, 2.75) is 13.0 Å². The number of hydrogen-bond acceptors (Lipinski definition) is 4. The van der Waals surface area contributed by atoms with Gasteiger partial charge in [-0.2, -0.15) is 0 Å². The normalized spacial score (nSPS) is 13.1. The van der Waals surface area contributed by atoms with Crippen molar-refractivity contribution in [3.8, 4) is 0 Å². The van der Waals surface area contributed by atoms with Crippen LogP contribution in [0.4, 0.5) is 0 Å². The molecule has 0 amide bonds. The minimum atomic E-state index is 0.176. The van der Waals surface area contributed by atoms with Gasteiger partial charge in [-0.1, -0.05) is 6.07 Å². The largest absolute Gasteiger partial charge is 0.383 e. The Kier molecular flexibility index (Phi) is 4.94. The highest BCUT2D eigenvalue weighted by atomic mass is 32.1. The number of carbonyl (C=O) groups is 1. The topological polar surface area (TPSA) is 29.5 Å². The molecule has 3 nitrogen and oxygen atoms in total. The number of methoxy groups -OCH3 is 1. The van der Waals surface area contributed by atoms with Gasteiger partial charge < -0.3 is 4.74 Å². The molecule has 1 rings (SSSR count). The molecule has 0 aliphatic heterocycles. The maximum Gasteiger partial charge on any atom is 0.186 e. The summed E-state index contributed by atoms with van der Waals surface area (Å²) in [5, 5.41) is 1.92. The zero-order valence-corrected chi connectivity index (χ0v) is 10.2. The molecule has 0 N–H and O–H groups in total. The number of Topliss-reactive ketones (excluding diaryl/α,β-unsaturated/α-hetero) is 1. The van der Waals surface area contributed by atoms with Crippen molar-refractivity contribution in [1.82, 2.24) is 4.90 Å². The van der Waals surface area contributed by atoms with Crippen LogP contribution in [0.5, 0.6) is 0 Å². The van der Waals surface area contributed by atoms with E-state index in [0.29, 0.717) is 13.2 Å². The Labute approximate surface area is 94.7 Å². The van der Waals surface area contributed by atoms with E-state index >= 15 is 0 Å². The van der Waals surface area contributed by atoms with Gasteiger partial charge in [-0.25, -0.2) is 0 Å². The van der Waals surface area contributed by atoms with Crippen LogP contribution in [0.2, 0.25) is 0 Å². The Morgan fingerprint density at radius 1 is 1.67 bits per heavy atom. The number of rotatable bonds is 6. The molecule has 15 heavy (non-hydrogen) atoms. The third kappa shape index (κ3) is 3.74. The summed E-state index contributed by atoms with van der Waals surface area (Å²) in [6.45, 7) is 3.14. The smallest absolute Gasteiger partial charge is 0.186 e. The Balaban J connectivity index is 2.44. The van der Waals surface area contributed by atoms with Crippen LogP contribution in [-0.2, 0) is 4.74 Å². The van der Waals surface area contributed by atoms with Crippen molar-refractivity contribution in [1.29, 1.82) is 0 Å². The quantitative estimate of drug-likeness (QED) is 0.695. The van der Waals surface area contributed by atoms with Crippen LogP contribution < -0.4 is 0 Å². The zero-order valence-electron chi connectivity index (χ0n) is 9.40. The van der Waals surface area contributed by atoms with E-state index in [-0.39, 0.29) is 11.8 Å². The lowest BCUT2D eigenvalue weighted by molar-refractivity contribution is 0.0845. The molecule has 84 valence electrons. The van der Waals surface area contributed by atoms with Crippen LogP contribution in [0, 0.1) is 0 Å². The minimum absolute atomic E-state index is 0.176. The summed E-state index contributed by atoms with van der Waals surface area (Å²) in [6, 6.07) is 4.03. The summed E-state index contributed by atoms with van der Waals surface area (Å²) in [6.07, 6.45) is 0. The van der Waals surface area contributed by atoms with E-state index in [4.69, 9.17) is 4.74 Å². The van der Waals surface area contributed by atoms with E-state index in [9.17, 15) is 4.79 Å². The Hall–Kier alpha value is -0.710. The standard InChI is InChI=1S/C11H17NO2S/c1-9(8-14-3)12(2)7-10(13)11-5-4-6-15-11/h4-6,9H,7-8H2,1-3H3. The van der Waals surface area contributed by atoms with Crippen LogP contribution in [-0.4, -0.2) is 44.0 Å². The van der Waals surface area contributed by atoms with Crippen molar-refractivity contribution >= 4 is 17.1 Å². The SMILES string of the molecule is COCC(C)N(C)CC(=O)c1cccs1. The first-order chi connectivity index (χ1) is 7.15. The maximum absolute atomic E-state index is 11.8. The molecule has 1 unspecified atom stereocenters. The fraction of sp³-hybridized carbons (Fsp3) is 0.545. The van der Waals surface area contributed by atoms with Gasteiger partial charge in [0.15, 0.2) is 5.78 Å². The van der Waals surface area contributed by atoms with Crippen molar-refractivity contribution in [3.63, 3.8) is 0 Å². The maximum atomic E-state index is 11.8. The summed E-state index contributed by atoms with van der Waals surface area (Å²) in [7, 11) is 3.61. The number of likely N-dealkylation sites (N-methyl/N-ethyl adjacent to an activating group) is 1. The van der Waals surface area contributed by atoms with Gasteiger partial charge in [-0.15, -0.1) is 11.3 Å². The zero-order chi connectivity index (χ0) is 11.3. The number of ether oxygens (including phenoxy) is 1. The fourth-order valence-electron chi connectivity index (χ4n) is 1.27. The summed E-state index contributed by atoms with van der Waals surface area (Å²) in [5.74, 6) is 0.176. The molecule has 0 aliphatic rings. The molecule has 0 saturated carbocycles. The van der Waals surface area contributed by atoms with E-state index in [1.807, 2.05) is 36.4 Å². The van der Waals surface area contributed by atoms with Crippen LogP contribution in [0.25, 0.3) is 0 Å². The van der Waals surface area contributed by atoms with Gasteiger partial charge >= 0.3 is 0 Å². The molecular weight excluding hydrogens is 210 g/mol. The van der Waals surface area contributed by atoms with Gasteiger partial charge in [0.05, 0.1) is 18.0 Å². The number of carbonyl (C=O) groups excluding carboxylic acids is 1. The Morgan fingerprint density at radius 2 is 2.40 bits per heavy atom. The van der Waals surface area contributed by atoms with E-state index in [0.717, 1.165) is 4.88 Å². The molecule has 4 heteroatoms. The van der Waals surface area contributed by atoms with E-state index < -0.39 is 0 Å². The molecule has 0 aliphatic carbocycles. The monoisotopic (exact) mass is 227 g/mol. The van der Waals surface area contributed by atoms with Gasteiger partial charge in [-0.3, -0.25) is 9.69 Å². The predicted molar refractivity (Wildman–Crippen MR) is 62.6 cm³/mol. The lowest BCUT2D eigenvalue weighted by atomic mass is 10.2. The van der Waals surface area contributed by atoms with Gasteiger partial charge in [0.25, 0.3) is 0 Å². The highest BCUT2D eigenvalue weighted by Gasteiger charge is 2.14. The lowest BCUT2D eigenvalue weighted by Gasteiger charge is -2.22. The van der Waals surface area contributed by atoms with Gasteiger partial charge in [-0.05, 0) is 25.4 Å². The van der Waals surface area contributed by atoms with E-state index in [2.05, 4.69) is 0 Å². The second-order valence-electron chi connectivity index (χ2n) is 3.62. The molecule has 0 aromatic carbocycles. The van der Waals surface area contributed by atoms with Crippen LogP contribution in [0.1, 0.15) is 16.6 Å². The van der Waals surface area contributed by atoms with Gasteiger partial charge in [0.1, 0.15) is 0 Å². The van der Waals surface area contributed by atoms with Gasteiger partial charge in [0, 0.05) is 13.2 Å². The van der Waals surface area contributed by atoms with Crippen molar-refractivity contribution in [3.05, 3.63) is 22.4 Å². The molecule has 0 saturated heterocycles. The number of thiophene rings is 1. The number of ketones is 1. The highest BCUT2D eigenvalue weighted by molar-refractivity contribution is 7.12. The number of nitrogens with zero attached hydrogens (tertiary/aromatic N) is 1. The second kappa shape index (κ2) is 6.00. The Morgan fingerprint density at radius 3 is 2.93 bits per heavy atom. The van der Waals surface area contributed by atoms with Crippen molar-refractivity contribution < 1.29 is 9.53 Å². The second-order valence-corrected chi connectivity index (χ2v) is 4.57. The first-order valence-electron chi connectivity index (χ1n) is 4.91.